The Balaban J connectivity index is 1.49. The van der Waals surface area contributed by atoms with E-state index in [-0.39, 0.29) is 6.61 Å². The van der Waals surface area contributed by atoms with Crippen molar-refractivity contribution in [3.63, 3.8) is 0 Å². The van der Waals surface area contributed by atoms with Crippen LogP contribution in [0.3, 0.4) is 0 Å². The number of nitrogens with zero attached hydrogens (tertiary/aromatic N) is 2. The first-order valence-electron chi connectivity index (χ1n) is 10.5. The quantitative estimate of drug-likeness (QED) is 0.429. The molecule has 31 heavy (non-hydrogen) atoms. The number of nitrogens with one attached hydrogen (secondary N) is 1. The number of H-pyrrole nitrogens is 1. The number of benzene rings is 2. The van der Waals surface area contributed by atoms with E-state index in [1.54, 1.807) is 18.3 Å². The molecule has 2 aromatic heterocycles. The number of aliphatic hydroxyl groups is 1. The van der Waals surface area contributed by atoms with Crippen LogP contribution < -0.4 is 4.74 Å². The number of carbonyl (C=O) groups is 1. The SMILES string of the molecule is O=Cc1ccc(Oc2ncccc2[C@@H]2CC[C@@H](CO)C2)cc1-c1nc2ccccc2[nH]1. The van der Waals surface area contributed by atoms with Crippen LogP contribution in [-0.2, 0) is 0 Å². The molecule has 4 aromatic rings. The van der Waals surface area contributed by atoms with E-state index in [2.05, 4.69) is 15.0 Å². The Morgan fingerprint density at radius 2 is 2.03 bits per heavy atom. The maximum Gasteiger partial charge on any atom is 0.222 e. The minimum atomic E-state index is 0.223. The number of aromatic amines is 1. The summed E-state index contributed by atoms with van der Waals surface area (Å²) >= 11 is 0. The fraction of sp³-hybridized carbons (Fsp3) is 0.240. The number of hydrogen-bond acceptors (Lipinski definition) is 5. The van der Waals surface area contributed by atoms with Crippen LogP contribution in [0.2, 0.25) is 0 Å². The van der Waals surface area contributed by atoms with Crippen LogP contribution in [0, 0.1) is 5.92 Å². The molecular formula is C25H23N3O3. The second-order valence-electron chi connectivity index (χ2n) is 8.03. The molecule has 2 N–H and O–H groups in total. The summed E-state index contributed by atoms with van der Waals surface area (Å²) in [4.78, 5) is 24.0. The number of imidazole rings is 1. The average molecular weight is 413 g/mol. The van der Waals surface area contributed by atoms with Crippen molar-refractivity contribution in [2.24, 2.45) is 5.92 Å². The summed E-state index contributed by atoms with van der Waals surface area (Å²) in [5, 5.41) is 9.49. The Morgan fingerprint density at radius 3 is 2.84 bits per heavy atom. The minimum absolute atomic E-state index is 0.223. The molecule has 1 fully saturated rings. The largest absolute Gasteiger partial charge is 0.439 e. The van der Waals surface area contributed by atoms with Crippen molar-refractivity contribution in [3.8, 4) is 23.0 Å². The number of aldehydes is 1. The highest BCUT2D eigenvalue weighted by Gasteiger charge is 2.28. The van der Waals surface area contributed by atoms with E-state index in [1.165, 1.54) is 0 Å². The van der Waals surface area contributed by atoms with E-state index in [9.17, 15) is 9.90 Å². The molecule has 5 rings (SSSR count). The van der Waals surface area contributed by atoms with Gasteiger partial charge in [0.25, 0.3) is 0 Å². The van der Waals surface area contributed by atoms with Crippen molar-refractivity contribution in [2.45, 2.75) is 25.2 Å². The molecule has 2 heterocycles. The summed E-state index contributed by atoms with van der Waals surface area (Å²) in [5.41, 5.74) is 4.03. The molecule has 156 valence electrons. The maximum absolute atomic E-state index is 11.7. The van der Waals surface area contributed by atoms with E-state index in [0.29, 0.717) is 40.4 Å². The zero-order chi connectivity index (χ0) is 21.2. The van der Waals surface area contributed by atoms with Gasteiger partial charge in [-0.1, -0.05) is 18.2 Å². The summed E-state index contributed by atoms with van der Waals surface area (Å²) in [6.07, 6.45) is 5.51. The third kappa shape index (κ3) is 3.82. The van der Waals surface area contributed by atoms with Crippen molar-refractivity contribution in [1.29, 1.82) is 0 Å². The van der Waals surface area contributed by atoms with E-state index in [0.717, 1.165) is 42.1 Å². The molecule has 0 aliphatic heterocycles. The van der Waals surface area contributed by atoms with Gasteiger partial charge in [0.05, 0.1) is 11.0 Å². The second kappa shape index (κ2) is 8.32. The standard InChI is InChI=1S/C25H23N3O3/c29-14-16-7-8-17(12-16)20-4-3-11-26-25(20)31-19-10-9-18(15-30)21(13-19)24-27-22-5-1-2-6-23(22)28-24/h1-6,9-11,13,15-17,29H,7-8,12,14H2,(H,27,28)/t16-,17-/m1/s1. The lowest BCUT2D eigenvalue weighted by Crippen LogP contribution is -2.02. The predicted molar refractivity (Wildman–Crippen MR) is 118 cm³/mol. The van der Waals surface area contributed by atoms with Gasteiger partial charge in [0.1, 0.15) is 11.6 Å². The molecule has 1 saturated carbocycles. The number of aromatic nitrogens is 3. The molecule has 0 saturated heterocycles. The van der Waals surface area contributed by atoms with Crippen LogP contribution in [-0.4, -0.2) is 33.0 Å². The van der Waals surface area contributed by atoms with Crippen molar-refractivity contribution in [1.82, 2.24) is 15.0 Å². The van der Waals surface area contributed by atoms with Gasteiger partial charge in [0, 0.05) is 29.5 Å². The van der Waals surface area contributed by atoms with Gasteiger partial charge in [0.2, 0.25) is 5.88 Å². The highest BCUT2D eigenvalue weighted by Crippen LogP contribution is 2.42. The van der Waals surface area contributed by atoms with Gasteiger partial charge in [-0.3, -0.25) is 4.79 Å². The number of hydrogen-bond donors (Lipinski definition) is 2. The molecule has 2 atom stereocenters. The number of pyridine rings is 1. The van der Waals surface area contributed by atoms with Crippen LogP contribution >= 0.6 is 0 Å². The van der Waals surface area contributed by atoms with Crippen LogP contribution in [0.5, 0.6) is 11.6 Å². The molecule has 1 aliphatic carbocycles. The minimum Gasteiger partial charge on any atom is -0.439 e. The van der Waals surface area contributed by atoms with Crippen LogP contribution in [0.25, 0.3) is 22.4 Å². The van der Waals surface area contributed by atoms with Crippen molar-refractivity contribution < 1.29 is 14.6 Å². The number of rotatable bonds is 6. The summed E-state index contributed by atoms with van der Waals surface area (Å²) in [6, 6.07) is 17.1. The van der Waals surface area contributed by atoms with E-state index in [1.807, 2.05) is 42.5 Å². The molecule has 2 aromatic carbocycles. The monoisotopic (exact) mass is 413 g/mol. The van der Waals surface area contributed by atoms with Gasteiger partial charge < -0.3 is 14.8 Å². The van der Waals surface area contributed by atoms with Crippen molar-refractivity contribution >= 4 is 17.3 Å². The zero-order valence-corrected chi connectivity index (χ0v) is 17.0. The number of carbonyl (C=O) groups excluding carboxylic acids is 1. The van der Waals surface area contributed by atoms with Gasteiger partial charge >= 0.3 is 0 Å². The van der Waals surface area contributed by atoms with Gasteiger partial charge in [-0.15, -0.1) is 0 Å². The highest BCUT2D eigenvalue weighted by atomic mass is 16.5. The fourth-order valence-electron chi connectivity index (χ4n) is 4.42. The summed E-state index contributed by atoms with van der Waals surface area (Å²) < 4.78 is 6.20. The Labute approximate surface area is 179 Å². The molecule has 0 bridgehead atoms. The lowest BCUT2D eigenvalue weighted by molar-refractivity contribution is 0.112. The number of aliphatic hydroxyl groups excluding tert-OH is 1. The number of ether oxygens (including phenoxy) is 1. The molecule has 0 radical (unpaired) electrons. The fourth-order valence-corrected chi connectivity index (χ4v) is 4.42. The Hall–Kier alpha value is -3.51. The molecule has 0 unspecified atom stereocenters. The van der Waals surface area contributed by atoms with Gasteiger partial charge in [0.15, 0.2) is 6.29 Å². The first-order chi connectivity index (χ1) is 15.2. The Bertz CT molecular complexity index is 1200. The van der Waals surface area contributed by atoms with Crippen molar-refractivity contribution in [2.75, 3.05) is 6.61 Å². The summed E-state index contributed by atoms with van der Waals surface area (Å²) in [6.45, 7) is 0.223. The van der Waals surface area contributed by atoms with Gasteiger partial charge in [-0.05, 0) is 67.5 Å². The number of para-hydroxylation sites is 2. The van der Waals surface area contributed by atoms with Gasteiger partial charge in [-0.2, -0.15) is 0 Å². The Morgan fingerprint density at radius 1 is 1.13 bits per heavy atom. The molecule has 6 heteroatoms. The Kier molecular flexibility index (Phi) is 5.22. The second-order valence-corrected chi connectivity index (χ2v) is 8.03. The normalized spacial score (nSPS) is 18.4. The zero-order valence-electron chi connectivity index (χ0n) is 17.0. The van der Waals surface area contributed by atoms with E-state index < -0.39 is 0 Å². The molecule has 0 spiro atoms. The van der Waals surface area contributed by atoms with Gasteiger partial charge in [-0.25, -0.2) is 9.97 Å². The summed E-state index contributed by atoms with van der Waals surface area (Å²) in [7, 11) is 0. The lowest BCUT2D eigenvalue weighted by atomic mass is 9.97. The first kappa shape index (κ1) is 19.5. The first-order valence-corrected chi connectivity index (χ1v) is 10.5. The number of fused-ring (bicyclic) bond motifs is 1. The van der Waals surface area contributed by atoms with Crippen LogP contribution in [0.1, 0.15) is 41.1 Å². The molecule has 1 aliphatic rings. The highest BCUT2D eigenvalue weighted by molar-refractivity contribution is 5.89. The molecule has 6 nitrogen and oxygen atoms in total. The maximum atomic E-state index is 11.7. The van der Waals surface area contributed by atoms with Crippen LogP contribution in [0.15, 0.2) is 60.8 Å². The molecule has 0 amide bonds. The predicted octanol–water partition coefficient (Wildman–Crippen LogP) is 5.11. The van der Waals surface area contributed by atoms with Crippen LogP contribution in [0.4, 0.5) is 0 Å². The average Bonchev–Trinajstić information content (AvgIpc) is 3.46. The topological polar surface area (TPSA) is 88.1 Å². The summed E-state index contributed by atoms with van der Waals surface area (Å²) in [5.74, 6) is 2.45. The lowest BCUT2D eigenvalue weighted by Gasteiger charge is -2.15. The van der Waals surface area contributed by atoms with E-state index in [4.69, 9.17) is 4.74 Å². The third-order valence-corrected chi connectivity index (χ3v) is 6.05. The third-order valence-electron chi connectivity index (χ3n) is 6.05. The molecular weight excluding hydrogens is 390 g/mol. The van der Waals surface area contributed by atoms with E-state index >= 15 is 0 Å². The smallest absolute Gasteiger partial charge is 0.222 e. The van der Waals surface area contributed by atoms with Crippen molar-refractivity contribution in [3.05, 3.63) is 71.9 Å².